The third-order valence-corrected chi connectivity index (χ3v) is 10.7. The highest BCUT2D eigenvalue weighted by atomic mass is 35.5. The summed E-state index contributed by atoms with van der Waals surface area (Å²) >= 11 is 7.01. The minimum Gasteiger partial charge on any atom is -0.508 e. The van der Waals surface area contributed by atoms with Crippen LogP contribution in [0.1, 0.15) is 60.9 Å². The molecule has 3 aliphatic carbocycles. The minimum absolute atomic E-state index is 0.0000113. The summed E-state index contributed by atoms with van der Waals surface area (Å²) in [5.74, 6) is -6.69. The van der Waals surface area contributed by atoms with E-state index in [0.29, 0.717) is 48.6 Å². The van der Waals surface area contributed by atoms with Crippen LogP contribution in [0, 0.1) is 11.8 Å². The Labute approximate surface area is 272 Å². The standard InChI is InChI=1S/C35H40ClN3O7/c1-3-10-39(11-4-2)29-23-14-20-13-22-26(30(41)25(20)32(43)35(23,46)33(44)27(31(29)42)34(37)45)24(40)15-21(28(22)36)17-38-12-9-18-7-5-6-8-19(18)16-38/h5-8,15,20,23,29,40-41,44,46H,3-4,9-14,16-17H2,1-2H3,(H2,37,45)/t20-,23-,29-,35-/m0/s1. The van der Waals surface area contributed by atoms with Crippen molar-refractivity contribution in [1.29, 1.82) is 0 Å². The van der Waals surface area contributed by atoms with E-state index in [1.165, 1.54) is 17.2 Å². The van der Waals surface area contributed by atoms with Crippen molar-refractivity contribution in [2.45, 2.75) is 70.7 Å². The number of hydrogen-bond donors (Lipinski definition) is 5. The maximum Gasteiger partial charge on any atom is 0.255 e. The number of Topliss-reactive ketones (excluding diaryl/α,β-unsaturated/α-hetero) is 2. The van der Waals surface area contributed by atoms with Crippen molar-refractivity contribution in [2.75, 3.05) is 19.6 Å². The number of nitrogens with zero attached hydrogens (tertiary/aromatic N) is 2. The van der Waals surface area contributed by atoms with E-state index in [4.69, 9.17) is 17.3 Å². The number of halogens is 1. The normalized spacial score (nSPS) is 26.2. The van der Waals surface area contributed by atoms with Gasteiger partial charge in [0.25, 0.3) is 5.91 Å². The van der Waals surface area contributed by atoms with Gasteiger partial charge in [0, 0.05) is 36.1 Å². The number of carbonyl (C=O) groups excluding carboxylic acids is 3. The Morgan fingerprint density at radius 1 is 1.11 bits per heavy atom. The molecule has 0 unspecified atom stereocenters. The molecular formula is C35H40ClN3O7. The number of amides is 1. The molecule has 4 atom stereocenters. The Morgan fingerprint density at radius 2 is 1.78 bits per heavy atom. The maximum absolute atomic E-state index is 14.3. The molecular weight excluding hydrogens is 610 g/mol. The highest BCUT2D eigenvalue weighted by molar-refractivity contribution is 6.32. The molecule has 6 rings (SSSR count). The van der Waals surface area contributed by atoms with Crippen molar-refractivity contribution in [3.63, 3.8) is 0 Å². The lowest BCUT2D eigenvalue weighted by molar-refractivity contribution is -0.155. The molecule has 6 N–H and O–H groups in total. The van der Waals surface area contributed by atoms with Gasteiger partial charge in [0.1, 0.15) is 22.8 Å². The monoisotopic (exact) mass is 649 g/mol. The summed E-state index contributed by atoms with van der Waals surface area (Å²) in [4.78, 5) is 44.6. The number of ketones is 2. The van der Waals surface area contributed by atoms with Crippen LogP contribution in [0.25, 0.3) is 5.76 Å². The first-order valence-corrected chi connectivity index (χ1v) is 16.4. The van der Waals surface area contributed by atoms with Crippen LogP contribution in [0.5, 0.6) is 5.75 Å². The number of aromatic hydroxyl groups is 1. The van der Waals surface area contributed by atoms with Crippen molar-refractivity contribution >= 4 is 34.8 Å². The highest BCUT2D eigenvalue weighted by Gasteiger charge is 2.64. The fourth-order valence-corrected chi connectivity index (χ4v) is 8.47. The molecule has 244 valence electrons. The number of fused-ring (bicyclic) bond motifs is 4. The first kappa shape index (κ1) is 32.2. The molecule has 4 aliphatic rings. The van der Waals surface area contributed by atoms with E-state index in [2.05, 4.69) is 17.0 Å². The van der Waals surface area contributed by atoms with Gasteiger partial charge in [0.15, 0.2) is 11.4 Å². The van der Waals surface area contributed by atoms with Gasteiger partial charge in [-0.3, -0.25) is 24.2 Å². The van der Waals surface area contributed by atoms with Crippen LogP contribution in [0.3, 0.4) is 0 Å². The first-order valence-electron chi connectivity index (χ1n) is 16.0. The molecule has 0 saturated heterocycles. The zero-order valence-corrected chi connectivity index (χ0v) is 26.8. The number of phenols is 1. The van der Waals surface area contributed by atoms with Gasteiger partial charge < -0.3 is 26.2 Å². The Bertz CT molecular complexity index is 1690. The van der Waals surface area contributed by atoms with E-state index in [1.807, 2.05) is 30.9 Å². The zero-order chi connectivity index (χ0) is 33.1. The Hall–Kier alpha value is -3.70. The van der Waals surface area contributed by atoms with Crippen LogP contribution >= 0.6 is 11.6 Å². The van der Waals surface area contributed by atoms with Gasteiger partial charge in [-0.25, -0.2) is 0 Å². The summed E-state index contributed by atoms with van der Waals surface area (Å²) in [6, 6.07) is 8.66. The number of phenolic OH excluding ortho intramolecular Hbond substituents is 1. The van der Waals surface area contributed by atoms with Crippen LogP contribution in [0.15, 0.2) is 47.2 Å². The fourth-order valence-electron chi connectivity index (χ4n) is 8.18. The Kier molecular flexibility index (Phi) is 8.52. The molecule has 1 saturated carbocycles. The van der Waals surface area contributed by atoms with Gasteiger partial charge in [-0.05, 0) is 79.4 Å². The van der Waals surface area contributed by atoms with Gasteiger partial charge in [-0.15, -0.1) is 0 Å². The van der Waals surface area contributed by atoms with Gasteiger partial charge in [0.2, 0.25) is 5.78 Å². The van der Waals surface area contributed by atoms with E-state index in [0.717, 1.165) is 19.5 Å². The quantitative estimate of drug-likeness (QED) is 0.268. The third-order valence-electron chi connectivity index (χ3n) is 10.2. The van der Waals surface area contributed by atoms with E-state index >= 15 is 0 Å². The molecule has 0 aromatic heterocycles. The molecule has 1 heterocycles. The number of nitrogens with two attached hydrogens (primary N) is 1. The molecule has 46 heavy (non-hydrogen) atoms. The number of benzene rings is 2. The summed E-state index contributed by atoms with van der Waals surface area (Å²) in [5.41, 5.74) is 5.56. The molecule has 11 heteroatoms. The fraction of sp³-hybridized carbons (Fsp3) is 0.457. The van der Waals surface area contributed by atoms with Crippen molar-refractivity contribution in [3.8, 4) is 5.75 Å². The summed E-state index contributed by atoms with van der Waals surface area (Å²) in [6.45, 7) is 6.76. The molecule has 10 nitrogen and oxygen atoms in total. The molecule has 0 bridgehead atoms. The topological polar surface area (TPSA) is 165 Å². The van der Waals surface area contributed by atoms with Crippen LogP contribution in [0.4, 0.5) is 0 Å². The lowest BCUT2D eigenvalue weighted by atomic mass is 9.57. The van der Waals surface area contributed by atoms with E-state index in [-0.39, 0.29) is 29.7 Å². The second kappa shape index (κ2) is 12.2. The number of aliphatic hydroxyl groups excluding tert-OH is 2. The van der Waals surface area contributed by atoms with Crippen molar-refractivity contribution < 1.29 is 34.8 Å². The molecule has 0 spiro atoms. The number of rotatable bonds is 8. The predicted molar refractivity (Wildman–Crippen MR) is 172 cm³/mol. The molecule has 2 aromatic carbocycles. The average Bonchev–Trinajstić information content (AvgIpc) is 3.01. The van der Waals surface area contributed by atoms with Crippen molar-refractivity contribution in [2.24, 2.45) is 17.6 Å². The Balaban J connectivity index is 1.42. The molecule has 1 aliphatic heterocycles. The van der Waals surface area contributed by atoms with Crippen molar-refractivity contribution in [3.05, 3.63) is 80.1 Å². The molecule has 1 fully saturated rings. The highest BCUT2D eigenvalue weighted by Crippen LogP contribution is 2.54. The average molecular weight is 650 g/mol. The first-order chi connectivity index (χ1) is 21.9. The molecule has 1 amide bonds. The SMILES string of the molecule is CCCN(CCC)[C@@H]1C(=O)C(C(N)=O)=C(O)[C@@]2(O)C(=O)C3=C(O)c4c(O)cc(CN5CCc6ccccc6C5)c(Cl)c4C[C@H]3C[C@@H]12. The van der Waals surface area contributed by atoms with Gasteiger partial charge in [0.05, 0.1) is 11.6 Å². The van der Waals surface area contributed by atoms with Gasteiger partial charge in [-0.1, -0.05) is 49.7 Å². The lowest BCUT2D eigenvalue weighted by Crippen LogP contribution is -2.66. The summed E-state index contributed by atoms with van der Waals surface area (Å²) in [6.07, 6.45) is 2.40. The summed E-state index contributed by atoms with van der Waals surface area (Å²) in [5, 5.41) is 46.4. The molecule has 2 aromatic rings. The second-order valence-corrected chi connectivity index (χ2v) is 13.4. The minimum atomic E-state index is -2.68. The number of carbonyl (C=O) groups is 3. The van der Waals surface area contributed by atoms with E-state index in [9.17, 15) is 34.8 Å². The second-order valence-electron chi connectivity index (χ2n) is 13.0. The number of primary amides is 1. The van der Waals surface area contributed by atoms with Crippen LogP contribution < -0.4 is 5.73 Å². The molecule has 0 radical (unpaired) electrons. The van der Waals surface area contributed by atoms with Crippen LogP contribution in [-0.2, 0) is 40.3 Å². The van der Waals surface area contributed by atoms with Gasteiger partial charge >= 0.3 is 0 Å². The zero-order valence-electron chi connectivity index (χ0n) is 26.1. The third kappa shape index (κ3) is 4.94. The van der Waals surface area contributed by atoms with E-state index in [1.54, 1.807) is 0 Å². The number of hydrogen-bond acceptors (Lipinski definition) is 9. The number of aliphatic hydroxyl groups is 3. The van der Waals surface area contributed by atoms with Crippen LogP contribution in [0.2, 0.25) is 5.02 Å². The summed E-state index contributed by atoms with van der Waals surface area (Å²) in [7, 11) is 0. The van der Waals surface area contributed by atoms with Crippen LogP contribution in [-0.4, -0.2) is 79.0 Å². The Morgan fingerprint density at radius 3 is 2.43 bits per heavy atom. The largest absolute Gasteiger partial charge is 0.508 e. The lowest BCUT2D eigenvalue weighted by Gasteiger charge is -2.51. The maximum atomic E-state index is 14.3. The van der Waals surface area contributed by atoms with Crippen molar-refractivity contribution in [1.82, 2.24) is 9.80 Å². The van der Waals surface area contributed by atoms with E-state index < -0.39 is 58.0 Å². The predicted octanol–water partition coefficient (Wildman–Crippen LogP) is 3.74. The summed E-state index contributed by atoms with van der Waals surface area (Å²) < 4.78 is 0. The van der Waals surface area contributed by atoms with Gasteiger partial charge in [-0.2, -0.15) is 0 Å². The smallest absolute Gasteiger partial charge is 0.255 e.